The Labute approximate surface area is 116 Å². The molecule has 2 N–H and O–H groups in total. The van der Waals surface area contributed by atoms with Gasteiger partial charge in [-0.05, 0) is 25.1 Å². The van der Waals surface area contributed by atoms with Gasteiger partial charge in [-0.15, -0.1) is 0 Å². The molecule has 0 aliphatic carbocycles. The van der Waals surface area contributed by atoms with Crippen molar-refractivity contribution in [2.24, 2.45) is 5.73 Å². The van der Waals surface area contributed by atoms with E-state index >= 15 is 0 Å². The lowest BCUT2D eigenvalue weighted by Crippen LogP contribution is -2.51. The molecule has 1 heterocycles. The van der Waals surface area contributed by atoms with Gasteiger partial charge in [0.15, 0.2) is 0 Å². The summed E-state index contributed by atoms with van der Waals surface area (Å²) in [5.41, 5.74) is 8.29. The van der Waals surface area contributed by atoms with Crippen LogP contribution in [-0.4, -0.2) is 44.7 Å². The van der Waals surface area contributed by atoms with Crippen LogP contribution in [-0.2, 0) is 6.54 Å². The van der Waals surface area contributed by atoms with Gasteiger partial charge in [-0.3, -0.25) is 4.90 Å². The summed E-state index contributed by atoms with van der Waals surface area (Å²) in [5, 5.41) is 0. The largest absolute Gasteiger partial charge is 0.497 e. The van der Waals surface area contributed by atoms with Gasteiger partial charge in [0.1, 0.15) is 5.75 Å². The van der Waals surface area contributed by atoms with Crippen LogP contribution in [0.5, 0.6) is 5.75 Å². The molecule has 19 heavy (non-hydrogen) atoms. The molecular weight excluding hydrogens is 238 g/mol. The third kappa shape index (κ3) is 3.01. The van der Waals surface area contributed by atoms with Crippen LogP contribution in [0.3, 0.4) is 0 Å². The fraction of sp³-hybridized carbons (Fsp3) is 0.600. The number of rotatable bonds is 4. The van der Waals surface area contributed by atoms with Crippen LogP contribution >= 0.6 is 0 Å². The van der Waals surface area contributed by atoms with Crippen LogP contribution in [0.15, 0.2) is 18.2 Å². The second kappa shape index (κ2) is 6.26. The maximum Gasteiger partial charge on any atom is 0.120 e. The Morgan fingerprint density at radius 3 is 2.79 bits per heavy atom. The summed E-state index contributed by atoms with van der Waals surface area (Å²) in [6.07, 6.45) is 1.18. The van der Waals surface area contributed by atoms with Gasteiger partial charge in [0.05, 0.1) is 7.11 Å². The molecular formula is C15H25N3O. The molecule has 0 spiro atoms. The number of hydrogen-bond donors (Lipinski definition) is 1. The molecule has 0 aromatic heterocycles. The summed E-state index contributed by atoms with van der Waals surface area (Å²) in [6.45, 7) is 6.03. The van der Waals surface area contributed by atoms with Crippen LogP contribution in [0.4, 0.5) is 5.69 Å². The highest BCUT2D eigenvalue weighted by molar-refractivity contribution is 5.57. The molecule has 1 aromatic carbocycles. The molecule has 1 aromatic rings. The Morgan fingerprint density at radius 2 is 2.16 bits per heavy atom. The first kappa shape index (κ1) is 14.2. The quantitative estimate of drug-likeness (QED) is 0.897. The number of methoxy groups -OCH3 is 1. The summed E-state index contributed by atoms with van der Waals surface area (Å²) < 4.78 is 5.34. The zero-order chi connectivity index (χ0) is 13.8. The first-order chi connectivity index (χ1) is 9.19. The molecule has 1 aliphatic heterocycles. The van der Waals surface area contributed by atoms with Crippen LogP contribution in [0.1, 0.15) is 18.9 Å². The fourth-order valence-electron chi connectivity index (χ4n) is 2.74. The summed E-state index contributed by atoms with van der Waals surface area (Å²) in [6, 6.07) is 6.79. The minimum Gasteiger partial charge on any atom is -0.497 e. The van der Waals surface area contributed by atoms with E-state index in [1.165, 1.54) is 17.7 Å². The van der Waals surface area contributed by atoms with Gasteiger partial charge in [-0.2, -0.15) is 0 Å². The summed E-state index contributed by atoms with van der Waals surface area (Å²) in [7, 11) is 3.92. The molecule has 106 valence electrons. The van der Waals surface area contributed by atoms with Crippen molar-refractivity contribution in [3.63, 3.8) is 0 Å². The Bertz CT molecular complexity index is 422. The third-order valence-electron chi connectivity index (χ3n) is 4.10. The summed E-state index contributed by atoms with van der Waals surface area (Å²) in [4.78, 5) is 4.89. The zero-order valence-electron chi connectivity index (χ0n) is 12.2. The van der Waals surface area contributed by atoms with Crippen LogP contribution < -0.4 is 15.4 Å². The zero-order valence-corrected chi connectivity index (χ0v) is 12.2. The predicted octanol–water partition coefficient (Wildman–Crippen LogP) is 1.68. The van der Waals surface area contributed by atoms with E-state index in [9.17, 15) is 0 Å². The molecule has 4 nitrogen and oxygen atoms in total. The molecule has 0 amide bonds. The topological polar surface area (TPSA) is 41.7 Å². The van der Waals surface area contributed by atoms with E-state index in [4.69, 9.17) is 10.5 Å². The molecule has 0 saturated carbocycles. The van der Waals surface area contributed by atoms with E-state index in [1.807, 2.05) is 6.07 Å². The number of nitrogens with zero attached hydrogens (tertiary/aromatic N) is 2. The van der Waals surface area contributed by atoms with Crippen molar-refractivity contribution >= 4 is 5.69 Å². The van der Waals surface area contributed by atoms with Gasteiger partial charge in [0.2, 0.25) is 0 Å². The Hall–Kier alpha value is -1.26. The van der Waals surface area contributed by atoms with E-state index < -0.39 is 0 Å². The highest BCUT2D eigenvalue weighted by Gasteiger charge is 2.24. The molecule has 0 radical (unpaired) electrons. The van der Waals surface area contributed by atoms with Gasteiger partial charge in [-0.1, -0.05) is 13.0 Å². The van der Waals surface area contributed by atoms with E-state index in [2.05, 4.69) is 35.9 Å². The lowest BCUT2D eigenvalue weighted by Gasteiger charge is -2.41. The Balaban J connectivity index is 2.25. The number of benzene rings is 1. The van der Waals surface area contributed by atoms with Gasteiger partial charge in [0.25, 0.3) is 0 Å². The molecule has 4 heteroatoms. The Kier molecular flexibility index (Phi) is 4.66. The maximum absolute atomic E-state index is 5.87. The van der Waals surface area contributed by atoms with Crippen LogP contribution in [0.2, 0.25) is 0 Å². The average Bonchev–Trinajstić information content (AvgIpc) is 2.47. The SMILES string of the molecule is CCC1CN(c2cc(OC)ccc2CN)CCN1C. The molecule has 2 rings (SSSR count). The standard InChI is InChI=1S/C15H25N3O/c1-4-13-11-18(8-7-17(13)2)15-9-14(19-3)6-5-12(15)10-16/h5-6,9,13H,4,7-8,10-11,16H2,1-3H3. The highest BCUT2D eigenvalue weighted by Crippen LogP contribution is 2.28. The molecule has 1 unspecified atom stereocenters. The first-order valence-electron chi connectivity index (χ1n) is 7.01. The number of anilines is 1. The van der Waals surface area contributed by atoms with E-state index in [0.29, 0.717) is 12.6 Å². The highest BCUT2D eigenvalue weighted by atomic mass is 16.5. The monoisotopic (exact) mass is 263 g/mol. The van der Waals surface area contributed by atoms with Gasteiger partial charge >= 0.3 is 0 Å². The fourth-order valence-corrected chi connectivity index (χ4v) is 2.74. The second-order valence-electron chi connectivity index (χ2n) is 5.19. The number of nitrogens with two attached hydrogens (primary N) is 1. The van der Waals surface area contributed by atoms with Crippen molar-refractivity contribution in [2.75, 3.05) is 38.7 Å². The van der Waals surface area contributed by atoms with Crippen molar-refractivity contribution in [1.82, 2.24) is 4.90 Å². The van der Waals surface area contributed by atoms with Gasteiger partial charge in [0, 0.05) is 44.0 Å². The lowest BCUT2D eigenvalue weighted by molar-refractivity contribution is 0.213. The average molecular weight is 263 g/mol. The number of likely N-dealkylation sites (N-methyl/N-ethyl adjacent to an activating group) is 1. The third-order valence-corrected chi connectivity index (χ3v) is 4.10. The number of piperazine rings is 1. The van der Waals surface area contributed by atoms with E-state index in [0.717, 1.165) is 25.4 Å². The molecule has 1 saturated heterocycles. The Morgan fingerprint density at radius 1 is 1.37 bits per heavy atom. The normalized spacial score (nSPS) is 20.6. The minimum absolute atomic E-state index is 0.572. The lowest BCUT2D eigenvalue weighted by atomic mass is 10.1. The van der Waals surface area contributed by atoms with E-state index in [-0.39, 0.29) is 0 Å². The molecule has 1 aliphatic rings. The summed E-state index contributed by atoms with van der Waals surface area (Å²) in [5.74, 6) is 0.902. The van der Waals surface area contributed by atoms with Crippen molar-refractivity contribution in [2.45, 2.75) is 25.9 Å². The smallest absolute Gasteiger partial charge is 0.120 e. The molecule has 1 fully saturated rings. The molecule has 1 atom stereocenters. The van der Waals surface area contributed by atoms with Gasteiger partial charge in [-0.25, -0.2) is 0 Å². The van der Waals surface area contributed by atoms with Crippen molar-refractivity contribution < 1.29 is 4.74 Å². The number of ether oxygens (including phenoxy) is 1. The predicted molar refractivity (Wildman–Crippen MR) is 79.8 cm³/mol. The second-order valence-corrected chi connectivity index (χ2v) is 5.19. The van der Waals surface area contributed by atoms with Crippen molar-refractivity contribution in [3.8, 4) is 5.75 Å². The van der Waals surface area contributed by atoms with E-state index in [1.54, 1.807) is 7.11 Å². The van der Waals surface area contributed by atoms with Crippen molar-refractivity contribution in [3.05, 3.63) is 23.8 Å². The number of hydrogen-bond acceptors (Lipinski definition) is 4. The first-order valence-corrected chi connectivity index (χ1v) is 7.01. The van der Waals surface area contributed by atoms with Crippen LogP contribution in [0, 0.1) is 0 Å². The molecule has 0 bridgehead atoms. The minimum atomic E-state index is 0.572. The maximum atomic E-state index is 5.87. The van der Waals surface area contributed by atoms with Crippen molar-refractivity contribution in [1.29, 1.82) is 0 Å². The summed E-state index contributed by atoms with van der Waals surface area (Å²) >= 11 is 0. The van der Waals surface area contributed by atoms with Crippen LogP contribution in [0.25, 0.3) is 0 Å². The van der Waals surface area contributed by atoms with Gasteiger partial charge < -0.3 is 15.4 Å².